The number of aromatic amines is 1. The number of carboxylic acid groups (broad SMARTS) is 1. The maximum absolute atomic E-state index is 12.0. The third-order valence-electron chi connectivity index (χ3n) is 4.34. The van der Waals surface area contributed by atoms with Crippen LogP contribution in [-0.2, 0) is 33.8 Å². The molecule has 0 spiro atoms. The minimum absolute atomic E-state index is 0.0351. The monoisotopic (exact) mass is 411 g/mol. The van der Waals surface area contributed by atoms with Crippen LogP contribution in [0.4, 0.5) is 4.79 Å². The summed E-state index contributed by atoms with van der Waals surface area (Å²) in [7, 11) is 0. The van der Waals surface area contributed by atoms with Crippen molar-refractivity contribution >= 4 is 23.1 Å². The second-order valence-electron chi connectivity index (χ2n) is 7.17. The lowest BCUT2D eigenvalue weighted by atomic mass is 10.0. The van der Waals surface area contributed by atoms with Gasteiger partial charge in [0.05, 0.1) is 17.1 Å². The first kappa shape index (κ1) is 21.3. The second kappa shape index (κ2) is 9.89. The highest BCUT2D eigenvalue weighted by molar-refractivity contribution is 5.75. The number of imidazole rings is 1. The number of carbonyl (C=O) groups is 2. The van der Waals surface area contributed by atoms with Gasteiger partial charge in [-0.3, -0.25) is 0 Å². The number of ether oxygens (including phenoxy) is 2. The number of nitrogens with zero attached hydrogens (tertiary/aromatic N) is 1. The summed E-state index contributed by atoms with van der Waals surface area (Å²) in [4.78, 5) is 30.8. The average Bonchev–Trinajstić information content (AvgIpc) is 3.13. The SMILES string of the molecule is CC(C)O[C@@H](Cc1cccc(CNC(=O)OCc2nc3ccccc3[nH]2)c1)C(=O)O. The molecule has 0 bridgehead atoms. The highest BCUT2D eigenvalue weighted by Crippen LogP contribution is 2.12. The van der Waals surface area contributed by atoms with E-state index in [1.165, 1.54) is 0 Å². The van der Waals surface area contributed by atoms with E-state index in [0.717, 1.165) is 22.2 Å². The van der Waals surface area contributed by atoms with Gasteiger partial charge in [-0.1, -0.05) is 36.4 Å². The minimum Gasteiger partial charge on any atom is -0.479 e. The van der Waals surface area contributed by atoms with Crippen molar-refractivity contribution in [3.63, 3.8) is 0 Å². The highest BCUT2D eigenvalue weighted by atomic mass is 16.5. The zero-order valence-corrected chi connectivity index (χ0v) is 16.9. The van der Waals surface area contributed by atoms with Crippen LogP contribution in [0.1, 0.15) is 30.8 Å². The molecule has 0 aliphatic heterocycles. The standard InChI is InChI=1S/C22H25N3O5/c1-14(2)30-19(21(26)27)11-15-6-5-7-16(10-15)12-23-22(28)29-13-20-24-17-8-3-4-9-18(17)25-20/h3-10,14,19H,11-13H2,1-2H3,(H,23,28)(H,24,25)(H,26,27)/t19-/m0/s1. The number of carbonyl (C=O) groups excluding carboxylic acids is 1. The number of alkyl carbamates (subject to hydrolysis) is 1. The van der Waals surface area contributed by atoms with Crippen LogP contribution in [0.25, 0.3) is 11.0 Å². The molecule has 8 heteroatoms. The number of para-hydroxylation sites is 2. The number of amides is 1. The van der Waals surface area contributed by atoms with E-state index in [-0.39, 0.29) is 25.7 Å². The molecule has 8 nitrogen and oxygen atoms in total. The number of H-pyrrole nitrogens is 1. The molecule has 2 aromatic carbocycles. The van der Waals surface area contributed by atoms with Gasteiger partial charge in [0, 0.05) is 13.0 Å². The van der Waals surface area contributed by atoms with E-state index < -0.39 is 18.2 Å². The molecule has 1 atom stereocenters. The second-order valence-corrected chi connectivity index (χ2v) is 7.17. The molecule has 3 aromatic rings. The van der Waals surface area contributed by atoms with Gasteiger partial charge < -0.3 is 24.9 Å². The van der Waals surface area contributed by atoms with Crippen molar-refractivity contribution in [2.45, 2.75) is 45.6 Å². The van der Waals surface area contributed by atoms with Crippen molar-refractivity contribution in [2.24, 2.45) is 0 Å². The van der Waals surface area contributed by atoms with Crippen LogP contribution in [-0.4, -0.2) is 39.3 Å². The van der Waals surface area contributed by atoms with E-state index in [4.69, 9.17) is 9.47 Å². The number of benzene rings is 2. The fraction of sp³-hybridized carbons (Fsp3) is 0.318. The summed E-state index contributed by atoms with van der Waals surface area (Å²) in [6.45, 7) is 3.89. The Hall–Kier alpha value is -3.39. The number of hydrogen-bond donors (Lipinski definition) is 3. The van der Waals surface area contributed by atoms with Gasteiger partial charge in [-0.2, -0.15) is 0 Å². The molecule has 0 unspecified atom stereocenters. The molecule has 0 aliphatic rings. The fourth-order valence-corrected chi connectivity index (χ4v) is 3.04. The summed E-state index contributed by atoms with van der Waals surface area (Å²) in [5, 5.41) is 12.0. The fourth-order valence-electron chi connectivity index (χ4n) is 3.04. The third kappa shape index (κ3) is 6.05. The zero-order valence-electron chi connectivity index (χ0n) is 16.9. The molecule has 1 amide bonds. The summed E-state index contributed by atoms with van der Waals surface area (Å²) < 4.78 is 10.7. The van der Waals surface area contributed by atoms with Gasteiger partial charge in [0.15, 0.2) is 12.7 Å². The van der Waals surface area contributed by atoms with Gasteiger partial charge in [-0.15, -0.1) is 0 Å². The van der Waals surface area contributed by atoms with Crippen molar-refractivity contribution in [3.05, 3.63) is 65.5 Å². The van der Waals surface area contributed by atoms with Crippen LogP contribution >= 0.6 is 0 Å². The average molecular weight is 411 g/mol. The summed E-state index contributed by atoms with van der Waals surface area (Å²) in [5.41, 5.74) is 3.35. The van der Waals surface area contributed by atoms with Crippen molar-refractivity contribution in [1.29, 1.82) is 0 Å². The van der Waals surface area contributed by atoms with Crippen molar-refractivity contribution in [1.82, 2.24) is 15.3 Å². The highest BCUT2D eigenvalue weighted by Gasteiger charge is 2.20. The maximum Gasteiger partial charge on any atom is 0.407 e. The minimum atomic E-state index is -0.999. The summed E-state index contributed by atoms with van der Waals surface area (Å²) in [5.74, 6) is -0.431. The molecule has 3 N–H and O–H groups in total. The summed E-state index contributed by atoms with van der Waals surface area (Å²) in [6.07, 6.45) is -1.41. The molecule has 30 heavy (non-hydrogen) atoms. The number of carboxylic acids is 1. The largest absolute Gasteiger partial charge is 0.479 e. The molecule has 1 heterocycles. The first-order chi connectivity index (χ1) is 14.4. The van der Waals surface area contributed by atoms with Crippen molar-refractivity contribution in [2.75, 3.05) is 0 Å². The molecule has 0 radical (unpaired) electrons. The van der Waals surface area contributed by atoms with Crippen LogP contribution in [0.5, 0.6) is 0 Å². The summed E-state index contributed by atoms with van der Waals surface area (Å²) >= 11 is 0. The van der Waals surface area contributed by atoms with Crippen LogP contribution in [0.3, 0.4) is 0 Å². The van der Waals surface area contributed by atoms with Gasteiger partial charge in [-0.05, 0) is 37.1 Å². The van der Waals surface area contributed by atoms with Gasteiger partial charge in [0.2, 0.25) is 0 Å². The van der Waals surface area contributed by atoms with E-state index in [9.17, 15) is 14.7 Å². The predicted octanol–water partition coefficient (Wildman–Crippen LogP) is 3.41. The molecular weight excluding hydrogens is 386 g/mol. The molecule has 0 fully saturated rings. The molecule has 3 rings (SSSR count). The lowest BCUT2D eigenvalue weighted by Crippen LogP contribution is -2.29. The van der Waals surface area contributed by atoms with E-state index in [0.29, 0.717) is 5.82 Å². The van der Waals surface area contributed by atoms with Gasteiger partial charge >= 0.3 is 12.1 Å². The smallest absolute Gasteiger partial charge is 0.407 e. The van der Waals surface area contributed by atoms with Crippen LogP contribution in [0.15, 0.2) is 48.5 Å². The maximum atomic E-state index is 12.0. The first-order valence-electron chi connectivity index (χ1n) is 9.71. The van der Waals surface area contributed by atoms with E-state index in [1.54, 1.807) is 13.8 Å². The zero-order chi connectivity index (χ0) is 21.5. The Bertz CT molecular complexity index is 982. The number of aliphatic carboxylic acids is 1. The summed E-state index contributed by atoms with van der Waals surface area (Å²) in [6, 6.07) is 14.9. The van der Waals surface area contributed by atoms with Gasteiger partial charge in [0.25, 0.3) is 0 Å². The Balaban J connectivity index is 1.50. The quantitative estimate of drug-likeness (QED) is 0.497. The predicted molar refractivity (Wildman–Crippen MR) is 111 cm³/mol. The Morgan fingerprint density at radius 1 is 1.13 bits per heavy atom. The number of aromatic nitrogens is 2. The number of hydrogen-bond acceptors (Lipinski definition) is 5. The number of rotatable bonds is 9. The lowest BCUT2D eigenvalue weighted by Gasteiger charge is -2.17. The molecule has 1 aromatic heterocycles. The van der Waals surface area contributed by atoms with E-state index in [1.807, 2.05) is 48.5 Å². The van der Waals surface area contributed by atoms with Crippen LogP contribution in [0, 0.1) is 0 Å². The molecular formula is C22H25N3O5. The van der Waals surface area contributed by atoms with Crippen LogP contribution in [0.2, 0.25) is 0 Å². The van der Waals surface area contributed by atoms with Crippen LogP contribution < -0.4 is 5.32 Å². The van der Waals surface area contributed by atoms with Crippen molar-refractivity contribution < 1.29 is 24.2 Å². The first-order valence-corrected chi connectivity index (χ1v) is 9.71. The lowest BCUT2D eigenvalue weighted by molar-refractivity contribution is -0.153. The number of nitrogens with one attached hydrogen (secondary N) is 2. The molecule has 158 valence electrons. The molecule has 0 saturated carbocycles. The number of fused-ring (bicyclic) bond motifs is 1. The topological polar surface area (TPSA) is 114 Å². The Labute approximate surface area is 174 Å². The van der Waals surface area contributed by atoms with E-state index in [2.05, 4.69) is 15.3 Å². The van der Waals surface area contributed by atoms with Gasteiger partial charge in [-0.25, -0.2) is 14.6 Å². The van der Waals surface area contributed by atoms with Gasteiger partial charge in [0.1, 0.15) is 5.82 Å². The van der Waals surface area contributed by atoms with Crippen molar-refractivity contribution in [3.8, 4) is 0 Å². The Morgan fingerprint density at radius 3 is 2.63 bits per heavy atom. The Kier molecular flexibility index (Phi) is 7.03. The Morgan fingerprint density at radius 2 is 1.90 bits per heavy atom. The van der Waals surface area contributed by atoms with E-state index >= 15 is 0 Å². The normalized spacial score (nSPS) is 12.1. The molecule has 0 aliphatic carbocycles. The third-order valence-corrected chi connectivity index (χ3v) is 4.34. The molecule has 0 saturated heterocycles.